The summed E-state index contributed by atoms with van der Waals surface area (Å²) < 4.78 is 6.38. The van der Waals surface area contributed by atoms with E-state index in [0.29, 0.717) is 16.7 Å². The first-order valence-corrected chi connectivity index (χ1v) is 5.19. The van der Waals surface area contributed by atoms with Crippen molar-refractivity contribution in [1.82, 2.24) is 14.8 Å². The monoisotopic (exact) mass is 234 g/mol. The Balaban J connectivity index is 2.42. The Labute approximate surface area is 98.4 Å². The fourth-order valence-electron chi connectivity index (χ4n) is 1.37. The molecule has 0 bridgehead atoms. The van der Waals surface area contributed by atoms with Crippen LogP contribution in [0.25, 0.3) is 11.0 Å². The molecule has 0 fully saturated rings. The molecule has 2 rings (SSSR count). The molecule has 0 saturated heterocycles. The van der Waals surface area contributed by atoms with Gasteiger partial charge in [0.1, 0.15) is 16.6 Å². The summed E-state index contributed by atoms with van der Waals surface area (Å²) in [7, 11) is 0. The van der Waals surface area contributed by atoms with E-state index in [4.69, 9.17) is 10.5 Å². The lowest BCUT2D eigenvalue weighted by molar-refractivity contribution is 0.0523. The zero-order chi connectivity index (χ0) is 12.6. The molecule has 90 valence electrons. The normalized spacial score (nSPS) is 11.7. The fraction of sp³-hybridized carbons (Fsp3) is 0.364. The highest BCUT2D eigenvalue weighted by molar-refractivity contribution is 5.86. The number of rotatable bonds is 0. The van der Waals surface area contributed by atoms with Crippen LogP contribution in [0.15, 0.2) is 18.5 Å². The van der Waals surface area contributed by atoms with Crippen molar-refractivity contribution in [2.45, 2.75) is 26.4 Å². The maximum Gasteiger partial charge on any atom is 0.435 e. The Bertz CT molecular complexity index is 568. The van der Waals surface area contributed by atoms with Crippen molar-refractivity contribution in [3.05, 3.63) is 18.5 Å². The zero-order valence-corrected chi connectivity index (χ0v) is 9.97. The lowest BCUT2D eigenvalue weighted by atomic mass is 10.2. The van der Waals surface area contributed by atoms with Gasteiger partial charge in [-0.15, -0.1) is 0 Å². The molecule has 0 aromatic carbocycles. The Kier molecular flexibility index (Phi) is 2.49. The van der Waals surface area contributed by atoms with Gasteiger partial charge in [-0.3, -0.25) is 4.98 Å². The Morgan fingerprint density at radius 1 is 1.41 bits per heavy atom. The number of carbonyl (C=O) groups is 1. The quantitative estimate of drug-likeness (QED) is 0.751. The third-order valence-electron chi connectivity index (χ3n) is 2.01. The van der Waals surface area contributed by atoms with Gasteiger partial charge >= 0.3 is 6.09 Å². The molecule has 2 heterocycles. The maximum absolute atomic E-state index is 11.9. The largest absolute Gasteiger partial charge is 0.442 e. The summed E-state index contributed by atoms with van der Waals surface area (Å²) in [5.74, 6) is 0. The average molecular weight is 234 g/mol. The number of hydrogen-bond donors (Lipinski definition) is 1. The average Bonchev–Trinajstić information content (AvgIpc) is 2.57. The first-order chi connectivity index (χ1) is 7.87. The van der Waals surface area contributed by atoms with Crippen LogP contribution in [0.1, 0.15) is 20.8 Å². The number of anilines is 1. The highest BCUT2D eigenvalue weighted by Crippen LogP contribution is 2.16. The smallest absolute Gasteiger partial charge is 0.435 e. The highest BCUT2D eigenvalue weighted by Gasteiger charge is 2.20. The third kappa shape index (κ3) is 2.35. The minimum Gasteiger partial charge on any atom is -0.442 e. The molecule has 17 heavy (non-hydrogen) atoms. The Morgan fingerprint density at radius 2 is 2.12 bits per heavy atom. The van der Waals surface area contributed by atoms with Crippen molar-refractivity contribution < 1.29 is 9.53 Å². The van der Waals surface area contributed by atoms with Crippen LogP contribution in [0, 0.1) is 0 Å². The van der Waals surface area contributed by atoms with Gasteiger partial charge in [0.15, 0.2) is 0 Å². The summed E-state index contributed by atoms with van der Waals surface area (Å²) in [4.78, 5) is 15.9. The Morgan fingerprint density at radius 3 is 2.76 bits per heavy atom. The van der Waals surface area contributed by atoms with Gasteiger partial charge in [0.25, 0.3) is 0 Å². The molecule has 0 unspecified atom stereocenters. The molecule has 6 nitrogen and oxygen atoms in total. The number of carbonyl (C=O) groups excluding carboxylic acids is 1. The van der Waals surface area contributed by atoms with Gasteiger partial charge in [-0.2, -0.15) is 9.78 Å². The van der Waals surface area contributed by atoms with Gasteiger partial charge in [0.2, 0.25) is 0 Å². The van der Waals surface area contributed by atoms with Crippen molar-refractivity contribution in [2.75, 3.05) is 5.73 Å². The first kappa shape index (κ1) is 11.4. The summed E-state index contributed by atoms with van der Waals surface area (Å²) in [6.07, 6.45) is 2.47. The second-order valence-corrected chi connectivity index (χ2v) is 4.71. The van der Waals surface area contributed by atoms with Crippen molar-refractivity contribution in [3.8, 4) is 0 Å². The molecule has 0 aliphatic heterocycles. The lowest BCUT2D eigenvalue weighted by Crippen LogP contribution is -2.27. The SMILES string of the molecule is CC(C)(C)OC(=O)n1ncc2ncc(N)cc21. The number of nitrogens with two attached hydrogens (primary N) is 1. The predicted octanol–water partition coefficient (Wildman–Crippen LogP) is 1.80. The van der Waals surface area contributed by atoms with E-state index in [2.05, 4.69) is 10.1 Å². The first-order valence-electron chi connectivity index (χ1n) is 5.19. The molecular weight excluding hydrogens is 220 g/mol. The second kappa shape index (κ2) is 3.73. The van der Waals surface area contributed by atoms with E-state index in [1.165, 1.54) is 12.4 Å². The topological polar surface area (TPSA) is 83.0 Å². The summed E-state index contributed by atoms with van der Waals surface area (Å²) >= 11 is 0. The van der Waals surface area contributed by atoms with E-state index in [1.54, 1.807) is 26.8 Å². The van der Waals surface area contributed by atoms with Gasteiger partial charge in [-0.05, 0) is 26.8 Å². The number of pyridine rings is 1. The molecule has 2 aromatic heterocycles. The molecule has 0 radical (unpaired) electrons. The second-order valence-electron chi connectivity index (χ2n) is 4.71. The van der Waals surface area contributed by atoms with Crippen LogP contribution in [-0.2, 0) is 4.74 Å². The van der Waals surface area contributed by atoms with Crippen molar-refractivity contribution in [1.29, 1.82) is 0 Å². The molecular formula is C11H14N4O2. The molecule has 0 atom stereocenters. The lowest BCUT2D eigenvalue weighted by Gasteiger charge is -2.19. The van der Waals surface area contributed by atoms with Crippen LogP contribution >= 0.6 is 0 Å². The number of nitrogens with zero attached hydrogens (tertiary/aromatic N) is 3. The van der Waals surface area contributed by atoms with Gasteiger partial charge in [-0.25, -0.2) is 4.79 Å². The van der Waals surface area contributed by atoms with E-state index in [-0.39, 0.29) is 0 Å². The molecule has 0 saturated carbocycles. The van der Waals surface area contributed by atoms with Crippen molar-refractivity contribution in [3.63, 3.8) is 0 Å². The molecule has 2 aromatic rings. The van der Waals surface area contributed by atoms with E-state index >= 15 is 0 Å². The van der Waals surface area contributed by atoms with E-state index < -0.39 is 11.7 Å². The van der Waals surface area contributed by atoms with E-state index in [0.717, 1.165) is 4.68 Å². The van der Waals surface area contributed by atoms with E-state index in [9.17, 15) is 4.79 Å². The zero-order valence-electron chi connectivity index (χ0n) is 9.97. The standard InChI is InChI=1S/C11H14N4O2/c1-11(2,3)17-10(16)15-9-4-7(12)5-13-8(9)6-14-15/h4-6H,12H2,1-3H3. The van der Waals surface area contributed by atoms with Gasteiger partial charge in [-0.1, -0.05) is 0 Å². The number of ether oxygens (including phenoxy) is 1. The molecule has 0 aliphatic carbocycles. The van der Waals surface area contributed by atoms with Crippen LogP contribution in [0.4, 0.5) is 10.5 Å². The molecule has 6 heteroatoms. The summed E-state index contributed by atoms with van der Waals surface area (Å²) in [5.41, 5.74) is 6.67. The van der Waals surface area contributed by atoms with Crippen LogP contribution in [0.3, 0.4) is 0 Å². The van der Waals surface area contributed by atoms with Gasteiger partial charge in [0.05, 0.1) is 18.1 Å². The minimum atomic E-state index is -0.566. The van der Waals surface area contributed by atoms with Crippen LogP contribution < -0.4 is 5.73 Å². The molecule has 0 aliphatic rings. The number of hydrogen-bond acceptors (Lipinski definition) is 5. The predicted molar refractivity (Wildman–Crippen MR) is 63.6 cm³/mol. The van der Waals surface area contributed by atoms with Gasteiger partial charge in [0, 0.05) is 0 Å². The van der Waals surface area contributed by atoms with Crippen molar-refractivity contribution >= 4 is 22.8 Å². The summed E-state index contributed by atoms with van der Waals surface area (Å²) in [6, 6.07) is 1.64. The maximum atomic E-state index is 11.9. The molecule has 2 N–H and O–H groups in total. The van der Waals surface area contributed by atoms with Gasteiger partial charge < -0.3 is 10.5 Å². The van der Waals surface area contributed by atoms with Crippen LogP contribution in [0.5, 0.6) is 0 Å². The minimum absolute atomic E-state index is 0.475. The molecule has 0 amide bonds. The van der Waals surface area contributed by atoms with Crippen molar-refractivity contribution in [2.24, 2.45) is 0 Å². The highest BCUT2D eigenvalue weighted by atomic mass is 16.6. The number of nitrogen functional groups attached to an aromatic ring is 1. The van der Waals surface area contributed by atoms with Crippen LogP contribution in [0.2, 0.25) is 0 Å². The Hall–Kier alpha value is -2.11. The number of aromatic nitrogens is 3. The van der Waals surface area contributed by atoms with E-state index in [1.807, 2.05) is 0 Å². The summed E-state index contributed by atoms with van der Waals surface area (Å²) in [6.45, 7) is 5.38. The summed E-state index contributed by atoms with van der Waals surface area (Å²) in [5, 5.41) is 3.94. The fourth-order valence-corrected chi connectivity index (χ4v) is 1.37. The van der Waals surface area contributed by atoms with Crippen LogP contribution in [-0.4, -0.2) is 26.5 Å². The third-order valence-corrected chi connectivity index (χ3v) is 2.01. The number of fused-ring (bicyclic) bond motifs is 1. The molecule has 0 spiro atoms.